The van der Waals surface area contributed by atoms with Gasteiger partial charge in [0.15, 0.2) is 5.54 Å². The minimum Gasteiger partial charge on any atom is -0.496 e. The van der Waals surface area contributed by atoms with Crippen molar-refractivity contribution in [3.63, 3.8) is 0 Å². The highest BCUT2D eigenvalue weighted by Gasteiger charge is 2.50. The minimum absolute atomic E-state index is 0.00549. The summed E-state index contributed by atoms with van der Waals surface area (Å²) in [6.45, 7) is 2.19. The van der Waals surface area contributed by atoms with Gasteiger partial charge in [0.25, 0.3) is 11.8 Å². The molecule has 2 aromatic rings. The van der Waals surface area contributed by atoms with Crippen LogP contribution >= 0.6 is 0 Å². The van der Waals surface area contributed by atoms with E-state index in [0.29, 0.717) is 23.4 Å². The van der Waals surface area contributed by atoms with E-state index in [1.165, 1.54) is 6.20 Å². The Balaban J connectivity index is 1.72. The molecule has 0 spiro atoms. The maximum atomic E-state index is 13.0. The molecule has 2 aliphatic rings. The summed E-state index contributed by atoms with van der Waals surface area (Å²) in [5, 5.41) is 4.96. The second-order valence-corrected chi connectivity index (χ2v) is 6.64. The largest absolute Gasteiger partial charge is 0.496 e. The second kappa shape index (κ2) is 6.08. The maximum absolute atomic E-state index is 13.0. The topological polar surface area (TPSA) is 101 Å². The van der Waals surface area contributed by atoms with Gasteiger partial charge in [-0.2, -0.15) is 0 Å². The van der Waals surface area contributed by atoms with Crippen LogP contribution in [0.15, 0.2) is 36.7 Å². The molecule has 1 aromatic heterocycles. The van der Waals surface area contributed by atoms with Crippen LogP contribution in [0.2, 0.25) is 0 Å². The number of hydrogen-bond acceptors (Lipinski definition) is 5. The predicted octanol–water partition coefficient (Wildman–Crippen LogP) is 1.09. The van der Waals surface area contributed by atoms with Crippen LogP contribution in [0.25, 0.3) is 0 Å². The van der Waals surface area contributed by atoms with Crippen molar-refractivity contribution in [2.45, 2.75) is 19.0 Å². The lowest BCUT2D eigenvalue weighted by atomic mass is 9.90. The number of carbonyl (C=O) groups excluding carboxylic acids is 3. The van der Waals surface area contributed by atoms with Crippen LogP contribution in [0, 0.1) is 6.92 Å². The number of imide groups is 1. The molecular weight excluding hydrogens is 348 g/mol. The number of urea groups is 1. The first kappa shape index (κ1) is 17.0. The summed E-state index contributed by atoms with van der Waals surface area (Å²) < 4.78 is 5.31. The van der Waals surface area contributed by atoms with Gasteiger partial charge < -0.3 is 15.0 Å². The molecule has 4 amide bonds. The van der Waals surface area contributed by atoms with Gasteiger partial charge in [0, 0.05) is 30.1 Å². The summed E-state index contributed by atoms with van der Waals surface area (Å²) >= 11 is 0. The molecular formula is C19H18N4O4. The average molecular weight is 366 g/mol. The Morgan fingerprint density at radius 2 is 2.07 bits per heavy atom. The maximum Gasteiger partial charge on any atom is 0.322 e. The van der Waals surface area contributed by atoms with Crippen molar-refractivity contribution < 1.29 is 19.1 Å². The fraction of sp³-hybridized carbons (Fsp3) is 0.263. The molecule has 1 atom stereocenters. The summed E-state index contributed by atoms with van der Waals surface area (Å²) in [6.07, 6.45) is 3.10. The van der Waals surface area contributed by atoms with Crippen molar-refractivity contribution in [2.24, 2.45) is 0 Å². The summed E-state index contributed by atoms with van der Waals surface area (Å²) in [4.78, 5) is 43.2. The molecule has 0 radical (unpaired) electrons. The van der Waals surface area contributed by atoms with E-state index in [1.807, 2.05) is 19.1 Å². The number of fused-ring (bicyclic) bond motifs is 1. The zero-order valence-electron chi connectivity index (χ0n) is 14.9. The van der Waals surface area contributed by atoms with Gasteiger partial charge in [-0.1, -0.05) is 12.1 Å². The van der Waals surface area contributed by atoms with Crippen molar-refractivity contribution in [1.29, 1.82) is 0 Å². The Bertz CT molecular complexity index is 960. The highest BCUT2D eigenvalue weighted by atomic mass is 16.5. The van der Waals surface area contributed by atoms with Gasteiger partial charge in [0.1, 0.15) is 5.75 Å². The molecule has 1 fully saturated rings. The number of pyridine rings is 1. The van der Waals surface area contributed by atoms with E-state index in [9.17, 15) is 14.4 Å². The Morgan fingerprint density at radius 3 is 2.70 bits per heavy atom. The first-order chi connectivity index (χ1) is 13.0. The van der Waals surface area contributed by atoms with E-state index in [0.717, 1.165) is 11.1 Å². The normalized spacial score (nSPS) is 21.1. The number of amides is 4. The third kappa shape index (κ3) is 2.52. The molecule has 1 unspecified atom stereocenters. The first-order valence-electron chi connectivity index (χ1n) is 8.46. The lowest BCUT2D eigenvalue weighted by molar-refractivity contribution is -0.124. The van der Waals surface area contributed by atoms with Crippen LogP contribution in [0.1, 0.15) is 27.0 Å². The SMILES string of the molecule is COc1ccc2c(c1C)C(=O)N(CC1(c3cccnc3)NC(=O)NC1=O)C2. The molecule has 27 heavy (non-hydrogen) atoms. The first-order valence-corrected chi connectivity index (χ1v) is 8.46. The quantitative estimate of drug-likeness (QED) is 0.789. The Hall–Kier alpha value is -3.42. The van der Waals surface area contributed by atoms with Gasteiger partial charge in [0.2, 0.25) is 0 Å². The van der Waals surface area contributed by atoms with E-state index in [4.69, 9.17) is 4.74 Å². The molecule has 8 heteroatoms. The summed E-state index contributed by atoms with van der Waals surface area (Å²) in [5.74, 6) is -0.0602. The van der Waals surface area contributed by atoms with Crippen LogP contribution in [0.5, 0.6) is 5.75 Å². The Labute approximate surface area is 155 Å². The molecule has 0 aliphatic carbocycles. The molecule has 1 aromatic carbocycles. The molecule has 2 aliphatic heterocycles. The lowest BCUT2D eigenvalue weighted by Crippen LogP contribution is -2.52. The number of hydrogen-bond donors (Lipinski definition) is 2. The van der Waals surface area contributed by atoms with Crippen molar-refractivity contribution in [2.75, 3.05) is 13.7 Å². The number of carbonyl (C=O) groups is 3. The third-order valence-corrected chi connectivity index (χ3v) is 5.11. The standard InChI is InChI=1S/C19H18N4O4/c1-11-14(27-2)6-5-12-9-23(16(24)15(11)12)10-19(13-4-3-7-20-8-13)17(25)21-18(26)22-19/h3-8H,9-10H2,1-2H3,(H2,21,22,25,26). The fourth-order valence-corrected chi connectivity index (χ4v) is 3.76. The van der Waals surface area contributed by atoms with E-state index >= 15 is 0 Å². The lowest BCUT2D eigenvalue weighted by Gasteiger charge is -2.31. The van der Waals surface area contributed by atoms with Gasteiger partial charge in [-0.15, -0.1) is 0 Å². The van der Waals surface area contributed by atoms with Crippen LogP contribution in [-0.2, 0) is 16.9 Å². The zero-order chi connectivity index (χ0) is 19.2. The predicted molar refractivity (Wildman–Crippen MR) is 95.1 cm³/mol. The third-order valence-electron chi connectivity index (χ3n) is 5.11. The van der Waals surface area contributed by atoms with Gasteiger partial charge in [-0.25, -0.2) is 4.79 Å². The van der Waals surface area contributed by atoms with Crippen LogP contribution in [-0.4, -0.2) is 41.4 Å². The van der Waals surface area contributed by atoms with Crippen LogP contribution in [0.3, 0.4) is 0 Å². The van der Waals surface area contributed by atoms with E-state index in [1.54, 1.807) is 30.3 Å². The number of nitrogens with zero attached hydrogens (tertiary/aromatic N) is 2. The van der Waals surface area contributed by atoms with Crippen molar-refractivity contribution >= 4 is 17.8 Å². The number of nitrogens with one attached hydrogen (secondary N) is 2. The van der Waals surface area contributed by atoms with Crippen molar-refractivity contribution in [3.8, 4) is 5.75 Å². The van der Waals surface area contributed by atoms with Gasteiger partial charge >= 0.3 is 6.03 Å². The molecule has 0 saturated carbocycles. The molecule has 8 nitrogen and oxygen atoms in total. The van der Waals surface area contributed by atoms with Crippen LogP contribution in [0.4, 0.5) is 4.79 Å². The fourth-order valence-electron chi connectivity index (χ4n) is 3.76. The Morgan fingerprint density at radius 1 is 1.26 bits per heavy atom. The summed E-state index contributed by atoms with van der Waals surface area (Å²) in [6, 6.07) is 6.48. The number of aromatic nitrogens is 1. The molecule has 3 heterocycles. The minimum atomic E-state index is -1.37. The van der Waals surface area contributed by atoms with Crippen LogP contribution < -0.4 is 15.4 Å². The molecule has 0 bridgehead atoms. The molecule has 4 rings (SSSR count). The monoisotopic (exact) mass is 366 g/mol. The second-order valence-electron chi connectivity index (χ2n) is 6.64. The van der Waals surface area contributed by atoms with Crippen molar-refractivity contribution in [1.82, 2.24) is 20.5 Å². The van der Waals surface area contributed by atoms with E-state index in [2.05, 4.69) is 15.6 Å². The highest BCUT2D eigenvalue weighted by molar-refractivity contribution is 6.08. The number of benzene rings is 1. The number of rotatable bonds is 4. The van der Waals surface area contributed by atoms with E-state index < -0.39 is 17.5 Å². The van der Waals surface area contributed by atoms with E-state index in [-0.39, 0.29) is 12.5 Å². The van der Waals surface area contributed by atoms with Crippen molar-refractivity contribution in [3.05, 3.63) is 58.9 Å². The van der Waals surface area contributed by atoms with Gasteiger partial charge in [-0.05, 0) is 24.6 Å². The number of methoxy groups -OCH3 is 1. The molecule has 2 N–H and O–H groups in total. The van der Waals surface area contributed by atoms with Gasteiger partial charge in [0.05, 0.1) is 19.2 Å². The zero-order valence-corrected chi connectivity index (χ0v) is 14.9. The summed E-state index contributed by atoms with van der Waals surface area (Å²) in [7, 11) is 1.56. The Kier molecular flexibility index (Phi) is 3.83. The average Bonchev–Trinajstić information content (AvgIpc) is 3.13. The van der Waals surface area contributed by atoms with Gasteiger partial charge in [-0.3, -0.25) is 19.9 Å². The highest BCUT2D eigenvalue weighted by Crippen LogP contribution is 2.34. The molecule has 1 saturated heterocycles. The number of ether oxygens (including phenoxy) is 1. The summed E-state index contributed by atoms with van der Waals surface area (Å²) in [5.41, 5.74) is 1.36. The molecule has 138 valence electrons. The smallest absolute Gasteiger partial charge is 0.322 e.